The van der Waals surface area contributed by atoms with Crippen LogP contribution in [0.15, 0.2) is 48.6 Å². The summed E-state index contributed by atoms with van der Waals surface area (Å²) in [4.78, 5) is 13.1. The first-order chi connectivity index (χ1) is 35.6. The van der Waals surface area contributed by atoms with Gasteiger partial charge in [-0.15, -0.1) is 0 Å². The highest BCUT2D eigenvalue weighted by Gasteiger charge is 2.47. The molecule has 14 heteroatoms. The molecule has 0 aromatic heterocycles. The molecule has 2 heterocycles. The van der Waals surface area contributed by atoms with Gasteiger partial charge in [0.1, 0.15) is 54.9 Å². The predicted octanol–water partition coefficient (Wildman–Crippen LogP) is 10.3. The van der Waals surface area contributed by atoms with Crippen LogP contribution in [-0.4, -0.2) is 142 Å². The van der Waals surface area contributed by atoms with Crippen molar-refractivity contribution in [3.63, 3.8) is 0 Å². The number of allylic oxidation sites excluding steroid dienone is 8. The summed E-state index contributed by atoms with van der Waals surface area (Å²) in [5.41, 5.74) is 0. The van der Waals surface area contributed by atoms with Crippen LogP contribution in [0.5, 0.6) is 0 Å². The molecular formula is C59H106O14. The minimum absolute atomic E-state index is 0.0531. The van der Waals surface area contributed by atoms with E-state index in [1.165, 1.54) is 122 Å². The number of aliphatic hydroxyl groups is 7. The van der Waals surface area contributed by atoms with Crippen LogP contribution in [0.4, 0.5) is 0 Å². The summed E-state index contributed by atoms with van der Waals surface area (Å²) < 4.78 is 34.4. The van der Waals surface area contributed by atoms with Crippen LogP contribution in [0.3, 0.4) is 0 Å². The molecule has 11 atom stereocenters. The topological polar surface area (TPSA) is 214 Å². The van der Waals surface area contributed by atoms with Gasteiger partial charge in [-0.2, -0.15) is 0 Å². The van der Waals surface area contributed by atoms with E-state index >= 15 is 0 Å². The van der Waals surface area contributed by atoms with E-state index in [1.54, 1.807) is 0 Å². The SMILES string of the molecule is CC/C=C\C/C=C\C/C=C\C/C=C\CCCCCCC(=O)OC(COCCCCCCCCCCCCCCCCCCCCCCCC)COC1OC(COC2OC(CO)C(O)C(O)C2O)C(O)C(O)C1O. The van der Waals surface area contributed by atoms with E-state index in [0.29, 0.717) is 13.0 Å². The summed E-state index contributed by atoms with van der Waals surface area (Å²) in [6.07, 6.45) is 38.9. The Labute approximate surface area is 442 Å². The Balaban J connectivity index is 1.71. The van der Waals surface area contributed by atoms with Crippen molar-refractivity contribution in [3.05, 3.63) is 48.6 Å². The smallest absolute Gasteiger partial charge is 0.306 e. The third-order valence-electron chi connectivity index (χ3n) is 13.9. The van der Waals surface area contributed by atoms with Gasteiger partial charge in [0.25, 0.3) is 0 Å². The van der Waals surface area contributed by atoms with Crippen LogP contribution in [-0.2, 0) is 33.2 Å². The lowest BCUT2D eigenvalue weighted by Crippen LogP contribution is -2.61. The van der Waals surface area contributed by atoms with Gasteiger partial charge in [0, 0.05) is 13.0 Å². The van der Waals surface area contributed by atoms with Gasteiger partial charge in [0.2, 0.25) is 0 Å². The highest BCUT2D eigenvalue weighted by Crippen LogP contribution is 2.27. The number of rotatable bonds is 47. The third kappa shape index (κ3) is 33.0. The average Bonchev–Trinajstić information content (AvgIpc) is 3.39. The minimum Gasteiger partial charge on any atom is -0.457 e. The molecule has 2 fully saturated rings. The number of carbonyl (C=O) groups is 1. The third-order valence-corrected chi connectivity index (χ3v) is 13.9. The van der Waals surface area contributed by atoms with Crippen molar-refractivity contribution in [1.29, 1.82) is 0 Å². The van der Waals surface area contributed by atoms with E-state index in [4.69, 9.17) is 28.4 Å². The Kier molecular flexibility index (Phi) is 42.3. The van der Waals surface area contributed by atoms with Gasteiger partial charge in [-0.25, -0.2) is 0 Å². The van der Waals surface area contributed by atoms with Crippen molar-refractivity contribution in [3.8, 4) is 0 Å². The van der Waals surface area contributed by atoms with E-state index in [1.807, 2.05) is 0 Å². The number of hydrogen-bond donors (Lipinski definition) is 7. The van der Waals surface area contributed by atoms with Crippen molar-refractivity contribution in [1.82, 2.24) is 0 Å². The van der Waals surface area contributed by atoms with Gasteiger partial charge in [-0.05, 0) is 51.4 Å². The maximum Gasteiger partial charge on any atom is 0.306 e. The summed E-state index contributed by atoms with van der Waals surface area (Å²) in [7, 11) is 0. The van der Waals surface area contributed by atoms with Crippen LogP contribution < -0.4 is 0 Å². The summed E-state index contributed by atoms with van der Waals surface area (Å²) in [5, 5.41) is 72.3. The molecule has 73 heavy (non-hydrogen) atoms. The summed E-state index contributed by atoms with van der Waals surface area (Å²) >= 11 is 0. The molecule has 0 aromatic carbocycles. The number of esters is 1. The summed E-state index contributed by atoms with van der Waals surface area (Å²) in [6, 6.07) is 0. The zero-order valence-corrected chi connectivity index (χ0v) is 45.6. The zero-order chi connectivity index (χ0) is 53.0. The average molecular weight is 1040 g/mol. The molecule has 0 amide bonds. The van der Waals surface area contributed by atoms with Gasteiger partial charge >= 0.3 is 5.97 Å². The van der Waals surface area contributed by atoms with Crippen molar-refractivity contribution < 1.29 is 69.0 Å². The van der Waals surface area contributed by atoms with Crippen molar-refractivity contribution >= 4 is 5.97 Å². The number of aliphatic hydroxyl groups excluding tert-OH is 7. The van der Waals surface area contributed by atoms with E-state index in [-0.39, 0.29) is 19.6 Å². The second kappa shape index (κ2) is 46.1. The molecule has 2 aliphatic rings. The number of hydrogen-bond acceptors (Lipinski definition) is 14. The van der Waals surface area contributed by atoms with Crippen LogP contribution in [0.1, 0.15) is 219 Å². The number of ether oxygens (including phenoxy) is 6. The largest absolute Gasteiger partial charge is 0.457 e. The molecule has 0 saturated carbocycles. The standard InChI is InChI=1S/C59H106O14/c1-3-5-7-9-11-13-15-17-19-21-22-23-24-25-27-29-31-33-35-37-39-41-43-68-45-48(71-51(61)42-40-38-36-34-32-30-28-26-20-18-16-14-12-10-8-6-4-2)46-69-58-57(67)55(65)53(63)50(73-58)47-70-59-56(66)54(64)52(62)49(44-60)72-59/h6,8,12,14,18,20,28,30,48-50,52-60,62-67H,3-5,7,9-11,13,15-17,19,21-27,29,31-47H2,1-2H3/b8-6-,14-12-,20-18-,30-28-. The molecule has 0 bridgehead atoms. The fourth-order valence-electron chi connectivity index (χ4n) is 9.16. The fourth-order valence-corrected chi connectivity index (χ4v) is 9.16. The van der Waals surface area contributed by atoms with Crippen LogP contribution in [0.25, 0.3) is 0 Å². The van der Waals surface area contributed by atoms with Crippen LogP contribution in [0, 0.1) is 0 Å². The normalized spacial score (nSPS) is 25.3. The summed E-state index contributed by atoms with van der Waals surface area (Å²) in [6.45, 7) is 3.57. The predicted molar refractivity (Wildman–Crippen MR) is 289 cm³/mol. The maximum absolute atomic E-state index is 13.1. The Morgan fingerprint density at radius 3 is 1.40 bits per heavy atom. The molecule has 0 aromatic rings. The molecule has 7 N–H and O–H groups in total. The highest BCUT2D eigenvalue weighted by atomic mass is 16.7. The second-order valence-electron chi connectivity index (χ2n) is 20.4. The second-order valence-corrected chi connectivity index (χ2v) is 20.4. The van der Waals surface area contributed by atoms with Gasteiger partial charge in [-0.1, -0.05) is 210 Å². The van der Waals surface area contributed by atoms with E-state index in [2.05, 4.69) is 62.5 Å². The quantitative estimate of drug-likeness (QED) is 0.0172. The fraction of sp³-hybridized carbons (Fsp3) is 0.847. The van der Waals surface area contributed by atoms with Gasteiger partial charge in [-0.3, -0.25) is 4.79 Å². The van der Waals surface area contributed by atoms with E-state index in [0.717, 1.165) is 70.6 Å². The number of carbonyl (C=O) groups excluding carboxylic acids is 1. The Morgan fingerprint density at radius 1 is 0.466 bits per heavy atom. The monoisotopic (exact) mass is 1040 g/mol. The molecule has 2 aliphatic heterocycles. The van der Waals surface area contributed by atoms with Crippen LogP contribution >= 0.6 is 0 Å². The molecule has 2 rings (SSSR count). The highest BCUT2D eigenvalue weighted by molar-refractivity contribution is 5.69. The van der Waals surface area contributed by atoms with Crippen molar-refractivity contribution in [2.75, 3.05) is 33.0 Å². The van der Waals surface area contributed by atoms with Crippen LogP contribution in [0.2, 0.25) is 0 Å². The van der Waals surface area contributed by atoms with Crippen molar-refractivity contribution in [2.45, 2.75) is 287 Å². The lowest BCUT2D eigenvalue weighted by Gasteiger charge is -2.42. The molecule has 14 nitrogen and oxygen atoms in total. The maximum atomic E-state index is 13.1. The van der Waals surface area contributed by atoms with Gasteiger partial charge < -0.3 is 64.2 Å². The first-order valence-electron chi connectivity index (χ1n) is 29.2. The molecular weight excluding hydrogens is 933 g/mol. The summed E-state index contributed by atoms with van der Waals surface area (Å²) in [5.74, 6) is -0.396. The lowest BCUT2D eigenvalue weighted by molar-refractivity contribution is -0.332. The van der Waals surface area contributed by atoms with E-state index < -0.39 is 86.7 Å². The van der Waals surface area contributed by atoms with Gasteiger partial charge in [0.15, 0.2) is 12.6 Å². The Hall–Kier alpha value is -2.05. The molecule has 2 saturated heterocycles. The Morgan fingerprint density at radius 2 is 0.890 bits per heavy atom. The number of unbranched alkanes of at least 4 members (excludes halogenated alkanes) is 25. The molecule has 0 radical (unpaired) electrons. The molecule has 11 unspecified atom stereocenters. The van der Waals surface area contributed by atoms with E-state index in [9.17, 15) is 40.5 Å². The van der Waals surface area contributed by atoms with Crippen molar-refractivity contribution in [2.24, 2.45) is 0 Å². The first kappa shape index (κ1) is 67.1. The lowest BCUT2D eigenvalue weighted by atomic mass is 9.98. The molecule has 0 aliphatic carbocycles. The first-order valence-corrected chi connectivity index (χ1v) is 29.2. The molecule has 426 valence electrons. The van der Waals surface area contributed by atoms with Gasteiger partial charge in [0.05, 0.1) is 26.4 Å². The Bertz CT molecular complexity index is 1390. The molecule has 0 spiro atoms. The minimum atomic E-state index is -1.71. The zero-order valence-electron chi connectivity index (χ0n) is 45.6.